The summed E-state index contributed by atoms with van der Waals surface area (Å²) in [5.74, 6) is 0.884. The largest absolute Gasteiger partial charge is 0.342 e. The lowest BCUT2D eigenvalue weighted by molar-refractivity contribution is -0.130. The van der Waals surface area contributed by atoms with E-state index in [4.69, 9.17) is 0 Å². The fourth-order valence-electron chi connectivity index (χ4n) is 2.93. The molecule has 1 fully saturated rings. The van der Waals surface area contributed by atoms with Crippen LogP contribution in [0.1, 0.15) is 24.1 Å². The van der Waals surface area contributed by atoms with Crippen LogP contribution in [-0.4, -0.2) is 28.9 Å². The summed E-state index contributed by atoms with van der Waals surface area (Å²) in [5.41, 5.74) is 4.23. The van der Waals surface area contributed by atoms with Crippen LogP contribution in [0.3, 0.4) is 0 Å². The highest BCUT2D eigenvalue weighted by Crippen LogP contribution is 2.21. The maximum Gasteiger partial charge on any atom is 0.222 e. The standard InChI is InChI=1S/C17H20N2OS/c20-17(7-6-16-12-21-13-18-16)19-9-8-15(11-19)10-14-4-2-1-3-5-14/h1-5,12-13,15H,6-11H2. The van der Waals surface area contributed by atoms with Crippen molar-refractivity contribution in [3.05, 3.63) is 52.5 Å². The average molecular weight is 300 g/mol. The van der Waals surface area contributed by atoms with Gasteiger partial charge in [0.15, 0.2) is 0 Å². The van der Waals surface area contributed by atoms with Gasteiger partial charge in [-0.05, 0) is 30.7 Å². The van der Waals surface area contributed by atoms with Gasteiger partial charge in [0.1, 0.15) is 0 Å². The van der Waals surface area contributed by atoms with Gasteiger partial charge in [-0.1, -0.05) is 30.3 Å². The maximum absolute atomic E-state index is 12.2. The third-order valence-corrected chi connectivity index (χ3v) is 4.72. The molecule has 1 amide bonds. The molecule has 0 N–H and O–H groups in total. The fraction of sp³-hybridized carbons (Fsp3) is 0.412. The molecule has 0 saturated carbocycles. The summed E-state index contributed by atoms with van der Waals surface area (Å²) in [6.45, 7) is 1.82. The van der Waals surface area contributed by atoms with E-state index in [9.17, 15) is 4.79 Å². The number of hydrogen-bond donors (Lipinski definition) is 0. The molecule has 0 aliphatic carbocycles. The quantitative estimate of drug-likeness (QED) is 0.850. The summed E-state index contributed by atoms with van der Waals surface area (Å²) < 4.78 is 0. The van der Waals surface area contributed by atoms with Gasteiger partial charge in [0.2, 0.25) is 5.91 Å². The zero-order valence-corrected chi connectivity index (χ0v) is 12.9. The molecule has 3 rings (SSSR count). The molecule has 1 aromatic carbocycles. The molecule has 1 saturated heterocycles. The summed E-state index contributed by atoms with van der Waals surface area (Å²) in [4.78, 5) is 18.5. The fourth-order valence-corrected chi connectivity index (χ4v) is 3.52. The van der Waals surface area contributed by atoms with Crippen molar-refractivity contribution in [2.45, 2.75) is 25.7 Å². The molecule has 3 nitrogen and oxygen atoms in total. The third kappa shape index (κ3) is 3.91. The number of aromatic nitrogens is 1. The van der Waals surface area contributed by atoms with Crippen LogP contribution in [0.25, 0.3) is 0 Å². The summed E-state index contributed by atoms with van der Waals surface area (Å²) in [6.07, 6.45) is 3.55. The molecule has 110 valence electrons. The number of likely N-dealkylation sites (tertiary alicyclic amines) is 1. The zero-order valence-electron chi connectivity index (χ0n) is 12.1. The van der Waals surface area contributed by atoms with E-state index < -0.39 is 0 Å². The van der Waals surface area contributed by atoms with Crippen molar-refractivity contribution in [1.82, 2.24) is 9.88 Å². The Hall–Kier alpha value is -1.68. The van der Waals surface area contributed by atoms with E-state index in [1.54, 1.807) is 11.3 Å². The first kappa shape index (κ1) is 14.3. The summed E-state index contributed by atoms with van der Waals surface area (Å²) >= 11 is 1.59. The highest BCUT2D eigenvalue weighted by atomic mass is 32.1. The highest BCUT2D eigenvalue weighted by Gasteiger charge is 2.25. The molecule has 21 heavy (non-hydrogen) atoms. The SMILES string of the molecule is O=C(CCc1cscn1)N1CCC(Cc2ccccc2)C1. The molecule has 1 aromatic heterocycles. The number of amides is 1. The Morgan fingerprint density at radius 1 is 1.33 bits per heavy atom. The highest BCUT2D eigenvalue weighted by molar-refractivity contribution is 7.07. The first-order valence-electron chi connectivity index (χ1n) is 7.50. The molecule has 1 aliphatic heterocycles. The second-order valence-electron chi connectivity index (χ2n) is 5.66. The van der Waals surface area contributed by atoms with Crippen LogP contribution in [0, 0.1) is 5.92 Å². The molecule has 1 atom stereocenters. The van der Waals surface area contributed by atoms with Gasteiger partial charge in [-0.15, -0.1) is 11.3 Å². The Bertz CT molecular complexity index is 568. The number of aryl methyl sites for hydroxylation is 1. The Kier molecular flexibility index (Phi) is 4.65. The third-order valence-electron chi connectivity index (χ3n) is 4.08. The van der Waals surface area contributed by atoms with Crippen LogP contribution in [0.4, 0.5) is 0 Å². The van der Waals surface area contributed by atoms with Gasteiger partial charge in [0.05, 0.1) is 11.2 Å². The van der Waals surface area contributed by atoms with Crippen LogP contribution < -0.4 is 0 Å². The summed E-state index contributed by atoms with van der Waals surface area (Å²) in [7, 11) is 0. The van der Waals surface area contributed by atoms with Gasteiger partial charge >= 0.3 is 0 Å². The second kappa shape index (κ2) is 6.85. The van der Waals surface area contributed by atoms with Gasteiger partial charge < -0.3 is 4.90 Å². The molecule has 2 aromatic rings. The molecule has 1 unspecified atom stereocenters. The number of hydrogen-bond acceptors (Lipinski definition) is 3. The van der Waals surface area contributed by atoms with Crippen molar-refractivity contribution < 1.29 is 4.79 Å². The van der Waals surface area contributed by atoms with Crippen LogP contribution in [0.5, 0.6) is 0 Å². The first-order chi connectivity index (χ1) is 10.3. The molecule has 0 spiro atoms. The van der Waals surface area contributed by atoms with E-state index in [-0.39, 0.29) is 5.91 Å². The minimum absolute atomic E-state index is 0.276. The smallest absolute Gasteiger partial charge is 0.222 e. The van der Waals surface area contributed by atoms with Gasteiger partial charge in [-0.3, -0.25) is 4.79 Å². The van der Waals surface area contributed by atoms with Crippen molar-refractivity contribution in [2.24, 2.45) is 5.92 Å². The predicted octanol–water partition coefficient (Wildman–Crippen LogP) is 3.17. The van der Waals surface area contributed by atoms with Crippen molar-refractivity contribution >= 4 is 17.2 Å². The van der Waals surface area contributed by atoms with Gasteiger partial charge in [-0.2, -0.15) is 0 Å². The van der Waals surface area contributed by atoms with Crippen LogP contribution >= 0.6 is 11.3 Å². The Morgan fingerprint density at radius 3 is 2.95 bits per heavy atom. The minimum atomic E-state index is 0.276. The number of nitrogens with zero attached hydrogens (tertiary/aromatic N) is 2. The van der Waals surface area contributed by atoms with E-state index in [1.807, 2.05) is 21.9 Å². The lowest BCUT2D eigenvalue weighted by Gasteiger charge is -2.16. The molecule has 0 radical (unpaired) electrons. The van der Waals surface area contributed by atoms with E-state index in [1.165, 1.54) is 5.56 Å². The predicted molar refractivity (Wildman–Crippen MR) is 85.3 cm³/mol. The second-order valence-corrected chi connectivity index (χ2v) is 6.38. The number of benzene rings is 1. The maximum atomic E-state index is 12.2. The Morgan fingerprint density at radius 2 is 2.19 bits per heavy atom. The van der Waals surface area contributed by atoms with E-state index in [2.05, 4.69) is 29.2 Å². The van der Waals surface area contributed by atoms with Crippen molar-refractivity contribution in [2.75, 3.05) is 13.1 Å². The Labute approximate surface area is 129 Å². The first-order valence-corrected chi connectivity index (χ1v) is 8.44. The van der Waals surface area contributed by atoms with Crippen molar-refractivity contribution in [3.8, 4) is 0 Å². The molecular formula is C17H20N2OS. The monoisotopic (exact) mass is 300 g/mol. The van der Waals surface area contributed by atoms with Gasteiger partial charge in [-0.25, -0.2) is 4.98 Å². The number of thiazole rings is 1. The lowest BCUT2D eigenvalue weighted by atomic mass is 9.99. The summed E-state index contributed by atoms with van der Waals surface area (Å²) in [5, 5.41) is 2.02. The van der Waals surface area contributed by atoms with E-state index in [0.29, 0.717) is 12.3 Å². The number of carbonyl (C=O) groups excluding carboxylic acids is 1. The van der Waals surface area contributed by atoms with Gasteiger partial charge in [0, 0.05) is 24.9 Å². The molecule has 2 heterocycles. The average Bonchev–Trinajstić information content (AvgIpc) is 3.17. The number of rotatable bonds is 5. The zero-order chi connectivity index (χ0) is 14.5. The Balaban J connectivity index is 1.46. The molecule has 1 aliphatic rings. The molecule has 0 bridgehead atoms. The van der Waals surface area contributed by atoms with E-state index in [0.717, 1.165) is 38.0 Å². The van der Waals surface area contributed by atoms with E-state index >= 15 is 0 Å². The van der Waals surface area contributed by atoms with Crippen molar-refractivity contribution in [1.29, 1.82) is 0 Å². The van der Waals surface area contributed by atoms with Crippen molar-refractivity contribution in [3.63, 3.8) is 0 Å². The van der Waals surface area contributed by atoms with Crippen LogP contribution in [-0.2, 0) is 17.6 Å². The topological polar surface area (TPSA) is 33.2 Å². The minimum Gasteiger partial charge on any atom is -0.342 e. The lowest BCUT2D eigenvalue weighted by Crippen LogP contribution is -2.29. The molecule has 4 heteroatoms. The van der Waals surface area contributed by atoms with Gasteiger partial charge in [0.25, 0.3) is 0 Å². The van der Waals surface area contributed by atoms with Crippen LogP contribution in [0.2, 0.25) is 0 Å². The summed E-state index contributed by atoms with van der Waals surface area (Å²) in [6, 6.07) is 10.6. The normalized spacial score (nSPS) is 18.1. The number of carbonyl (C=O) groups is 1. The van der Waals surface area contributed by atoms with Crippen LogP contribution in [0.15, 0.2) is 41.2 Å². The molecular weight excluding hydrogens is 280 g/mol.